The molecule has 4 atom stereocenters. The molecule has 0 radical (unpaired) electrons. The van der Waals surface area contributed by atoms with Gasteiger partial charge in [-0.2, -0.15) is 0 Å². The first kappa shape index (κ1) is 15.0. The lowest BCUT2D eigenvalue weighted by molar-refractivity contribution is -0.123. The topological polar surface area (TPSA) is 55.1 Å². The largest absolute Gasteiger partial charge is 0.353 e. The highest BCUT2D eigenvalue weighted by Crippen LogP contribution is 2.34. The molecule has 3 heteroatoms. The zero-order valence-electron chi connectivity index (χ0n) is 12.5. The molecule has 3 nitrogen and oxygen atoms in total. The summed E-state index contributed by atoms with van der Waals surface area (Å²) in [5.74, 6) is 1.16. The number of amides is 1. The van der Waals surface area contributed by atoms with Crippen molar-refractivity contribution in [2.45, 2.75) is 45.1 Å². The van der Waals surface area contributed by atoms with E-state index in [0.717, 1.165) is 17.9 Å². The molecular formula is C17H26N2O. The van der Waals surface area contributed by atoms with Crippen molar-refractivity contribution in [3.05, 3.63) is 35.9 Å². The van der Waals surface area contributed by atoms with Crippen LogP contribution in [0, 0.1) is 11.8 Å². The SMILES string of the molecule is CCC1CCC(NC(=O)C(CN)c2ccccc2)C1C. The second-order valence-corrected chi connectivity index (χ2v) is 5.92. The molecule has 0 saturated heterocycles. The van der Waals surface area contributed by atoms with Gasteiger partial charge in [0.15, 0.2) is 0 Å². The summed E-state index contributed by atoms with van der Waals surface area (Å²) in [7, 11) is 0. The highest BCUT2D eigenvalue weighted by molar-refractivity contribution is 5.84. The van der Waals surface area contributed by atoms with E-state index in [-0.39, 0.29) is 11.8 Å². The van der Waals surface area contributed by atoms with E-state index < -0.39 is 0 Å². The van der Waals surface area contributed by atoms with Crippen LogP contribution in [-0.2, 0) is 4.79 Å². The van der Waals surface area contributed by atoms with Crippen LogP contribution in [0.15, 0.2) is 30.3 Å². The van der Waals surface area contributed by atoms with E-state index in [0.29, 0.717) is 18.5 Å². The molecule has 1 aromatic rings. The third-order valence-electron chi connectivity index (χ3n) is 4.83. The van der Waals surface area contributed by atoms with Gasteiger partial charge in [0.05, 0.1) is 5.92 Å². The van der Waals surface area contributed by atoms with E-state index >= 15 is 0 Å². The lowest BCUT2D eigenvalue weighted by Crippen LogP contribution is -2.42. The minimum absolute atomic E-state index is 0.0762. The Hall–Kier alpha value is -1.35. The summed E-state index contributed by atoms with van der Waals surface area (Å²) in [6.07, 6.45) is 3.52. The molecule has 1 aromatic carbocycles. The quantitative estimate of drug-likeness (QED) is 0.867. The zero-order valence-corrected chi connectivity index (χ0v) is 12.5. The van der Waals surface area contributed by atoms with Crippen molar-refractivity contribution in [1.82, 2.24) is 5.32 Å². The lowest BCUT2D eigenvalue weighted by atomic mass is 9.92. The second-order valence-electron chi connectivity index (χ2n) is 5.92. The van der Waals surface area contributed by atoms with Gasteiger partial charge in [0.1, 0.15) is 0 Å². The van der Waals surface area contributed by atoms with Crippen LogP contribution in [0.1, 0.15) is 44.6 Å². The van der Waals surface area contributed by atoms with Gasteiger partial charge in [-0.1, -0.05) is 50.6 Å². The monoisotopic (exact) mass is 274 g/mol. The number of carbonyl (C=O) groups excluding carboxylic acids is 1. The minimum Gasteiger partial charge on any atom is -0.353 e. The summed E-state index contributed by atoms with van der Waals surface area (Å²) in [5.41, 5.74) is 6.81. The average molecular weight is 274 g/mol. The van der Waals surface area contributed by atoms with E-state index in [2.05, 4.69) is 19.2 Å². The highest BCUT2D eigenvalue weighted by Gasteiger charge is 2.33. The van der Waals surface area contributed by atoms with Crippen LogP contribution in [0.25, 0.3) is 0 Å². The fourth-order valence-electron chi connectivity index (χ4n) is 3.39. The Morgan fingerprint density at radius 2 is 2.05 bits per heavy atom. The molecule has 0 aromatic heterocycles. The van der Waals surface area contributed by atoms with Crippen LogP contribution in [0.3, 0.4) is 0 Å². The summed E-state index contributed by atoms with van der Waals surface area (Å²) in [6.45, 7) is 4.85. The van der Waals surface area contributed by atoms with Gasteiger partial charge in [-0.15, -0.1) is 0 Å². The molecule has 1 aliphatic carbocycles. The van der Waals surface area contributed by atoms with Crippen LogP contribution in [0.5, 0.6) is 0 Å². The molecular weight excluding hydrogens is 248 g/mol. The average Bonchev–Trinajstić information content (AvgIpc) is 2.81. The molecule has 0 heterocycles. The molecule has 4 unspecified atom stereocenters. The maximum Gasteiger partial charge on any atom is 0.229 e. The van der Waals surface area contributed by atoms with Crippen molar-refractivity contribution in [3.8, 4) is 0 Å². The lowest BCUT2D eigenvalue weighted by Gasteiger charge is -2.24. The molecule has 1 fully saturated rings. The predicted octanol–water partition coefficient (Wildman–Crippen LogP) is 2.67. The molecule has 1 saturated carbocycles. The first-order valence-corrected chi connectivity index (χ1v) is 7.72. The standard InChI is InChI=1S/C17H26N2O/c1-3-13-9-10-16(12(13)2)19-17(20)15(11-18)14-7-5-4-6-8-14/h4-8,12-13,15-16H,3,9-11,18H2,1-2H3,(H,19,20). The van der Waals surface area contributed by atoms with Crippen molar-refractivity contribution in [1.29, 1.82) is 0 Å². The Kier molecular flexibility index (Phi) is 5.18. The van der Waals surface area contributed by atoms with Gasteiger partial charge in [-0.25, -0.2) is 0 Å². The Bertz CT molecular complexity index is 432. The summed E-state index contributed by atoms with van der Waals surface area (Å²) in [6, 6.07) is 10.1. The minimum atomic E-state index is -0.232. The fourth-order valence-corrected chi connectivity index (χ4v) is 3.39. The van der Waals surface area contributed by atoms with Crippen LogP contribution >= 0.6 is 0 Å². The molecule has 110 valence electrons. The van der Waals surface area contributed by atoms with Gasteiger partial charge in [-0.3, -0.25) is 4.79 Å². The maximum atomic E-state index is 12.5. The number of rotatable bonds is 5. The molecule has 0 spiro atoms. The third kappa shape index (κ3) is 3.21. The number of benzene rings is 1. The first-order valence-electron chi connectivity index (χ1n) is 7.72. The van der Waals surface area contributed by atoms with Crippen molar-refractivity contribution >= 4 is 5.91 Å². The van der Waals surface area contributed by atoms with Crippen LogP contribution in [-0.4, -0.2) is 18.5 Å². The van der Waals surface area contributed by atoms with Crippen molar-refractivity contribution in [3.63, 3.8) is 0 Å². The fraction of sp³-hybridized carbons (Fsp3) is 0.588. The Morgan fingerprint density at radius 1 is 1.35 bits per heavy atom. The number of nitrogens with one attached hydrogen (secondary N) is 1. The molecule has 3 N–H and O–H groups in total. The number of carbonyl (C=O) groups is 1. The summed E-state index contributed by atoms with van der Waals surface area (Å²) >= 11 is 0. The number of nitrogens with two attached hydrogens (primary N) is 1. The van der Waals surface area contributed by atoms with Crippen LogP contribution in [0.2, 0.25) is 0 Å². The van der Waals surface area contributed by atoms with Crippen LogP contribution in [0.4, 0.5) is 0 Å². The van der Waals surface area contributed by atoms with Gasteiger partial charge < -0.3 is 11.1 Å². The Morgan fingerprint density at radius 3 is 2.60 bits per heavy atom. The van der Waals surface area contributed by atoms with Gasteiger partial charge in [0, 0.05) is 12.6 Å². The van der Waals surface area contributed by atoms with E-state index in [9.17, 15) is 4.79 Å². The summed E-state index contributed by atoms with van der Waals surface area (Å²) in [4.78, 5) is 12.5. The van der Waals surface area contributed by atoms with E-state index in [4.69, 9.17) is 5.73 Å². The molecule has 1 amide bonds. The van der Waals surface area contributed by atoms with E-state index in [1.54, 1.807) is 0 Å². The molecule has 2 rings (SSSR count). The summed E-state index contributed by atoms with van der Waals surface area (Å²) in [5, 5.41) is 3.22. The van der Waals surface area contributed by atoms with Crippen LogP contribution < -0.4 is 11.1 Å². The normalized spacial score (nSPS) is 27.2. The Balaban J connectivity index is 2.00. The Labute approximate surface area is 121 Å². The zero-order chi connectivity index (χ0) is 14.5. The van der Waals surface area contributed by atoms with Gasteiger partial charge in [0.25, 0.3) is 0 Å². The predicted molar refractivity (Wildman–Crippen MR) is 82.3 cm³/mol. The second kappa shape index (κ2) is 6.89. The van der Waals surface area contributed by atoms with Crippen molar-refractivity contribution in [2.75, 3.05) is 6.54 Å². The maximum absolute atomic E-state index is 12.5. The molecule has 0 aliphatic heterocycles. The number of hydrogen-bond donors (Lipinski definition) is 2. The van der Waals surface area contributed by atoms with Gasteiger partial charge in [0.2, 0.25) is 5.91 Å². The number of hydrogen-bond acceptors (Lipinski definition) is 2. The third-order valence-corrected chi connectivity index (χ3v) is 4.83. The molecule has 1 aliphatic rings. The summed E-state index contributed by atoms with van der Waals surface area (Å²) < 4.78 is 0. The molecule has 20 heavy (non-hydrogen) atoms. The van der Waals surface area contributed by atoms with E-state index in [1.165, 1.54) is 12.8 Å². The van der Waals surface area contributed by atoms with Gasteiger partial charge in [-0.05, 0) is 30.2 Å². The van der Waals surface area contributed by atoms with E-state index in [1.807, 2.05) is 30.3 Å². The highest BCUT2D eigenvalue weighted by atomic mass is 16.2. The smallest absolute Gasteiger partial charge is 0.229 e. The van der Waals surface area contributed by atoms with Gasteiger partial charge >= 0.3 is 0 Å². The first-order chi connectivity index (χ1) is 9.67. The van der Waals surface area contributed by atoms with Crippen molar-refractivity contribution < 1.29 is 4.79 Å². The molecule has 0 bridgehead atoms. The van der Waals surface area contributed by atoms with Crippen molar-refractivity contribution in [2.24, 2.45) is 17.6 Å².